The number of nitrogens with two attached hydrogens (primary N) is 1. The molecule has 3 aromatic rings. The van der Waals surface area contributed by atoms with Crippen LogP contribution < -0.4 is 5.73 Å². The second kappa shape index (κ2) is 4.10. The van der Waals surface area contributed by atoms with E-state index >= 15 is 0 Å². The SMILES string of the molecule is Cc1ccc2nc(-c3ccc(C)c(N)c3)sc2c1. The number of thiazole rings is 1. The highest BCUT2D eigenvalue weighted by molar-refractivity contribution is 7.21. The third kappa shape index (κ3) is 1.87. The highest BCUT2D eigenvalue weighted by Gasteiger charge is 2.07. The molecular formula is C15H14N2S. The summed E-state index contributed by atoms with van der Waals surface area (Å²) < 4.78 is 1.23. The van der Waals surface area contributed by atoms with E-state index in [1.54, 1.807) is 11.3 Å². The van der Waals surface area contributed by atoms with E-state index in [4.69, 9.17) is 5.73 Å². The van der Waals surface area contributed by atoms with E-state index in [0.29, 0.717) is 0 Å². The van der Waals surface area contributed by atoms with Crippen LogP contribution in [0.15, 0.2) is 36.4 Å². The van der Waals surface area contributed by atoms with Gasteiger partial charge in [0.1, 0.15) is 5.01 Å². The van der Waals surface area contributed by atoms with Gasteiger partial charge in [-0.1, -0.05) is 18.2 Å². The second-order valence-corrected chi connectivity index (χ2v) is 5.59. The van der Waals surface area contributed by atoms with Gasteiger partial charge in [0.25, 0.3) is 0 Å². The van der Waals surface area contributed by atoms with Crippen LogP contribution in [0.25, 0.3) is 20.8 Å². The van der Waals surface area contributed by atoms with Gasteiger partial charge in [-0.3, -0.25) is 0 Å². The first-order valence-corrected chi connectivity index (χ1v) is 6.69. The van der Waals surface area contributed by atoms with Gasteiger partial charge >= 0.3 is 0 Å². The van der Waals surface area contributed by atoms with E-state index in [-0.39, 0.29) is 0 Å². The Morgan fingerprint density at radius 3 is 2.67 bits per heavy atom. The summed E-state index contributed by atoms with van der Waals surface area (Å²) in [5, 5.41) is 1.03. The van der Waals surface area contributed by atoms with E-state index in [1.807, 2.05) is 19.1 Å². The second-order valence-electron chi connectivity index (χ2n) is 4.56. The molecule has 0 aliphatic heterocycles. The Kier molecular flexibility index (Phi) is 2.56. The summed E-state index contributed by atoms with van der Waals surface area (Å²) in [4.78, 5) is 4.66. The number of nitrogens with zero attached hydrogens (tertiary/aromatic N) is 1. The number of hydrogen-bond donors (Lipinski definition) is 1. The lowest BCUT2D eigenvalue weighted by Crippen LogP contribution is -1.89. The number of fused-ring (bicyclic) bond motifs is 1. The summed E-state index contributed by atoms with van der Waals surface area (Å²) in [5.74, 6) is 0. The fourth-order valence-corrected chi connectivity index (χ4v) is 2.99. The van der Waals surface area contributed by atoms with E-state index in [9.17, 15) is 0 Å². The quantitative estimate of drug-likeness (QED) is 0.662. The first-order valence-electron chi connectivity index (χ1n) is 5.87. The molecular weight excluding hydrogens is 240 g/mol. The van der Waals surface area contributed by atoms with Crippen LogP contribution in [0.2, 0.25) is 0 Å². The van der Waals surface area contributed by atoms with Crippen molar-refractivity contribution in [2.24, 2.45) is 0 Å². The lowest BCUT2D eigenvalue weighted by Gasteiger charge is -2.01. The van der Waals surface area contributed by atoms with E-state index in [0.717, 1.165) is 27.3 Å². The van der Waals surface area contributed by atoms with Gasteiger partial charge in [0.15, 0.2) is 0 Å². The van der Waals surface area contributed by atoms with Crippen molar-refractivity contribution in [1.29, 1.82) is 0 Å². The number of benzene rings is 2. The maximum absolute atomic E-state index is 5.95. The van der Waals surface area contributed by atoms with Crippen molar-refractivity contribution in [3.63, 3.8) is 0 Å². The molecule has 0 amide bonds. The average Bonchev–Trinajstić information content (AvgIpc) is 2.75. The smallest absolute Gasteiger partial charge is 0.124 e. The largest absolute Gasteiger partial charge is 0.398 e. The standard InChI is InChI=1S/C15H14N2S/c1-9-3-6-13-14(7-9)18-15(17-13)11-5-4-10(2)12(16)8-11/h3-8H,16H2,1-2H3. The summed E-state index contributed by atoms with van der Waals surface area (Å²) in [6.07, 6.45) is 0. The molecule has 0 unspecified atom stereocenters. The molecule has 0 aliphatic rings. The Hall–Kier alpha value is -1.87. The van der Waals surface area contributed by atoms with Gasteiger partial charge in [-0.25, -0.2) is 4.98 Å². The van der Waals surface area contributed by atoms with Gasteiger partial charge < -0.3 is 5.73 Å². The molecule has 0 radical (unpaired) electrons. The van der Waals surface area contributed by atoms with Crippen molar-refractivity contribution in [3.8, 4) is 10.6 Å². The molecule has 1 heterocycles. The molecule has 0 spiro atoms. The minimum absolute atomic E-state index is 0.822. The van der Waals surface area contributed by atoms with Crippen LogP contribution in [-0.2, 0) is 0 Å². The molecule has 3 rings (SSSR count). The molecule has 18 heavy (non-hydrogen) atoms. The normalized spacial score (nSPS) is 11.0. The number of hydrogen-bond acceptors (Lipinski definition) is 3. The minimum atomic E-state index is 0.822. The lowest BCUT2D eigenvalue weighted by molar-refractivity contribution is 1.43. The number of aromatic nitrogens is 1. The highest BCUT2D eigenvalue weighted by Crippen LogP contribution is 2.32. The molecule has 0 atom stereocenters. The van der Waals surface area contributed by atoms with Crippen LogP contribution in [0.1, 0.15) is 11.1 Å². The number of aryl methyl sites for hydroxylation is 2. The summed E-state index contributed by atoms with van der Waals surface area (Å²) in [6, 6.07) is 12.5. The summed E-state index contributed by atoms with van der Waals surface area (Å²) in [5.41, 5.74) is 11.3. The van der Waals surface area contributed by atoms with Gasteiger partial charge in [-0.2, -0.15) is 0 Å². The van der Waals surface area contributed by atoms with Gasteiger partial charge in [0.2, 0.25) is 0 Å². The Balaban J connectivity index is 2.16. The molecule has 2 N–H and O–H groups in total. The maximum Gasteiger partial charge on any atom is 0.124 e. The summed E-state index contributed by atoms with van der Waals surface area (Å²) in [6.45, 7) is 4.11. The zero-order valence-electron chi connectivity index (χ0n) is 10.4. The van der Waals surface area contributed by atoms with Crippen LogP contribution in [0, 0.1) is 13.8 Å². The molecule has 0 aliphatic carbocycles. The predicted octanol–water partition coefficient (Wildman–Crippen LogP) is 4.16. The first kappa shape index (κ1) is 11.2. The van der Waals surface area contributed by atoms with Crippen LogP contribution in [0.4, 0.5) is 5.69 Å². The number of anilines is 1. The number of rotatable bonds is 1. The maximum atomic E-state index is 5.95. The monoisotopic (exact) mass is 254 g/mol. The van der Waals surface area contributed by atoms with Gasteiger partial charge in [0.05, 0.1) is 10.2 Å². The van der Waals surface area contributed by atoms with Crippen LogP contribution in [0.5, 0.6) is 0 Å². The Morgan fingerprint density at radius 1 is 1.06 bits per heavy atom. The highest BCUT2D eigenvalue weighted by atomic mass is 32.1. The van der Waals surface area contributed by atoms with Gasteiger partial charge in [0, 0.05) is 11.3 Å². The lowest BCUT2D eigenvalue weighted by atomic mass is 10.1. The first-order chi connectivity index (χ1) is 8.63. The zero-order valence-corrected chi connectivity index (χ0v) is 11.2. The molecule has 0 saturated heterocycles. The minimum Gasteiger partial charge on any atom is -0.398 e. The molecule has 0 bridgehead atoms. The average molecular weight is 254 g/mol. The van der Waals surface area contributed by atoms with Crippen molar-refractivity contribution in [2.45, 2.75) is 13.8 Å². The third-order valence-electron chi connectivity index (χ3n) is 3.07. The third-order valence-corrected chi connectivity index (χ3v) is 4.14. The molecule has 2 aromatic carbocycles. The Morgan fingerprint density at radius 2 is 1.89 bits per heavy atom. The van der Waals surface area contributed by atoms with Crippen molar-refractivity contribution in [3.05, 3.63) is 47.5 Å². The molecule has 0 fully saturated rings. The molecule has 90 valence electrons. The van der Waals surface area contributed by atoms with Gasteiger partial charge in [-0.15, -0.1) is 11.3 Å². The molecule has 0 saturated carbocycles. The number of nitrogen functional groups attached to an aromatic ring is 1. The van der Waals surface area contributed by atoms with Crippen molar-refractivity contribution < 1.29 is 0 Å². The summed E-state index contributed by atoms with van der Waals surface area (Å²) in [7, 11) is 0. The molecule has 1 aromatic heterocycles. The zero-order chi connectivity index (χ0) is 12.7. The van der Waals surface area contributed by atoms with E-state index in [1.165, 1.54) is 10.3 Å². The fraction of sp³-hybridized carbons (Fsp3) is 0.133. The van der Waals surface area contributed by atoms with Crippen LogP contribution in [-0.4, -0.2) is 4.98 Å². The van der Waals surface area contributed by atoms with E-state index in [2.05, 4.69) is 36.2 Å². The Labute approximate surface area is 110 Å². The summed E-state index contributed by atoms with van der Waals surface area (Å²) >= 11 is 1.71. The van der Waals surface area contributed by atoms with Crippen LogP contribution in [0.3, 0.4) is 0 Å². The molecule has 3 heteroatoms. The van der Waals surface area contributed by atoms with Crippen molar-refractivity contribution >= 4 is 27.2 Å². The van der Waals surface area contributed by atoms with Crippen molar-refractivity contribution in [2.75, 3.05) is 5.73 Å². The fourth-order valence-electron chi connectivity index (χ4n) is 1.93. The van der Waals surface area contributed by atoms with Crippen LogP contribution >= 0.6 is 11.3 Å². The Bertz CT molecular complexity index is 728. The van der Waals surface area contributed by atoms with Crippen molar-refractivity contribution in [1.82, 2.24) is 4.98 Å². The van der Waals surface area contributed by atoms with Gasteiger partial charge in [-0.05, 0) is 43.2 Å². The topological polar surface area (TPSA) is 38.9 Å². The predicted molar refractivity (Wildman–Crippen MR) is 78.9 cm³/mol. The molecule has 2 nitrogen and oxygen atoms in total. The van der Waals surface area contributed by atoms with E-state index < -0.39 is 0 Å².